The second-order valence-electron chi connectivity index (χ2n) is 2.35. The molecule has 67 valence electrons. The van der Waals surface area contributed by atoms with Crippen LogP contribution in [0.1, 0.15) is 5.56 Å². The summed E-state index contributed by atoms with van der Waals surface area (Å²) in [6.45, 7) is 1.44. The Labute approximate surface area is 75.6 Å². The molecule has 0 atom stereocenters. The van der Waals surface area contributed by atoms with Gasteiger partial charge in [0.1, 0.15) is 12.4 Å². The molecule has 0 spiro atoms. The first-order chi connectivity index (χ1) is 6.33. The Balaban J connectivity index is 2.53. The largest absolute Gasteiger partial charge is 0.453 e. The van der Waals surface area contributed by atoms with E-state index in [1.807, 2.05) is 0 Å². The smallest absolute Gasteiger partial charge is 0.417 e. The van der Waals surface area contributed by atoms with Crippen molar-refractivity contribution in [3.63, 3.8) is 0 Å². The Bertz CT molecular complexity index is 308. The molecule has 0 fully saturated rings. The fourth-order valence-electron chi connectivity index (χ4n) is 0.877. The molecule has 0 saturated heterocycles. The minimum Gasteiger partial charge on any atom is -0.453 e. The minimum atomic E-state index is -0.287. The van der Waals surface area contributed by atoms with Gasteiger partial charge in [0.25, 0.3) is 0 Å². The predicted molar refractivity (Wildman–Crippen MR) is 47.1 cm³/mol. The summed E-state index contributed by atoms with van der Waals surface area (Å²) >= 11 is 0. The lowest BCUT2D eigenvalue weighted by molar-refractivity contribution is 0.314. The number of carbonyl (C=O) groups excluding carboxylic acids is 1. The van der Waals surface area contributed by atoms with E-state index in [1.54, 1.807) is 24.3 Å². The lowest BCUT2D eigenvalue weighted by Gasteiger charge is -1.92. The van der Waals surface area contributed by atoms with Crippen molar-refractivity contribution in [1.82, 2.24) is 0 Å². The molecule has 0 N–H and O–H groups in total. The lowest BCUT2D eigenvalue weighted by Crippen LogP contribution is -1.85. The van der Waals surface area contributed by atoms with E-state index >= 15 is 0 Å². The summed E-state index contributed by atoms with van der Waals surface area (Å²) in [5.41, 5.74) is 0.731. The van der Waals surface area contributed by atoms with Gasteiger partial charge in [0.05, 0.1) is 0 Å². The Kier molecular flexibility index (Phi) is 3.70. The van der Waals surface area contributed by atoms with Gasteiger partial charge in [-0.3, -0.25) is 0 Å². The quantitative estimate of drug-likeness (QED) is 0.660. The minimum absolute atomic E-state index is 0.153. The summed E-state index contributed by atoms with van der Waals surface area (Å²) in [5.74, 6) is -0.287. The van der Waals surface area contributed by atoms with Crippen molar-refractivity contribution in [2.45, 2.75) is 0 Å². The third-order valence-corrected chi connectivity index (χ3v) is 1.40. The molecule has 13 heavy (non-hydrogen) atoms. The van der Waals surface area contributed by atoms with Crippen LogP contribution in [0.15, 0.2) is 30.3 Å². The molecular weight excluding hydrogens is 171 g/mol. The molecule has 0 aliphatic heterocycles. The lowest BCUT2D eigenvalue weighted by atomic mass is 10.2. The summed E-state index contributed by atoms with van der Waals surface area (Å²) < 4.78 is 16.9. The van der Waals surface area contributed by atoms with Crippen LogP contribution < -0.4 is 0 Å². The SMILES string of the molecule is O=[C]OCC=Cc1cccc(F)c1. The number of rotatable bonds is 4. The molecule has 0 aliphatic rings. The van der Waals surface area contributed by atoms with E-state index in [4.69, 9.17) is 0 Å². The van der Waals surface area contributed by atoms with Gasteiger partial charge in [0, 0.05) is 0 Å². The van der Waals surface area contributed by atoms with Gasteiger partial charge >= 0.3 is 6.47 Å². The maximum Gasteiger partial charge on any atom is 0.417 e. The van der Waals surface area contributed by atoms with Gasteiger partial charge in [-0.15, -0.1) is 0 Å². The van der Waals surface area contributed by atoms with E-state index < -0.39 is 0 Å². The number of hydrogen-bond donors (Lipinski definition) is 0. The van der Waals surface area contributed by atoms with E-state index in [0.717, 1.165) is 5.56 Å². The van der Waals surface area contributed by atoms with Gasteiger partial charge in [0.2, 0.25) is 0 Å². The monoisotopic (exact) mass is 179 g/mol. The summed E-state index contributed by atoms with van der Waals surface area (Å²) in [6, 6.07) is 6.13. The van der Waals surface area contributed by atoms with Gasteiger partial charge in [0.15, 0.2) is 0 Å². The van der Waals surface area contributed by atoms with Crippen molar-refractivity contribution >= 4 is 12.5 Å². The average molecular weight is 179 g/mol. The third-order valence-electron chi connectivity index (χ3n) is 1.40. The zero-order valence-electron chi connectivity index (χ0n) is 6.87. The van der Waals surface area contributed by atoms with E-state index in [9.17, 15) is 9.18 Å². The van der Waals surface area contributed by atoms with Crippen molar-refractivity contribution in [2.75, 3.05) is 6.61 Å². The highest BCUT2D eigenvalue weighted by Crippen LogP contribution is 2.04. The van der Waals surface area contributed by atoms with E-state index in [0.29, 0.717) is 0 Å². The van der Waals surface area contributed by atoms with Crippen LogP contribution in [0.5, 0.6) is 0 Å². The van der Waals surface area contributed by atoms with Crippen molar-refractivity contribution < 1.29 is 13.9 Å². The zero-order chi connectivity index (χ0) is 9.52. The number of benzene rings is 1. The van der Waals surface area contributed by atoms with Gasteiger partial charge in [-0.25, -0.2) is 9.18 Å². The van der Waals surface area contributed by atoms with Crippen molar-refractivity contribution in [3.05, 3.63) is 41.7 Å². The average Bonchev–Trinajstić information content (AvgIpc) is 2.13. The summed E-state index contributed by atoms with van der Waals surface area (Å²) in [4.78, 5) is 9.63. The van der Waals surface area contributed by atoms with Crippen molar-refractivity contribution in [1.29, 1.82) is 0 Å². The highest BCUT2D eigenvalue weighted by molar-refractivity contribution is 5.49. The molecule has 0 unspecified atom stereocenters. The molecule has 0 aliphatic carbocycles. The summed E-state index contributed by atoms with van der Waals surface area (Å²) in [7, 11) is 0. The molecule has 0 amide bonds. The summed E-state index contributed by atoms with van der Waals surface area (Å²) in [5, 5.41) is 0. The van der Waals surface area contributed by atoms with Crippen molar-refractivity contribution in [3.8, 4) is 0 Å². The molecule has 1 aromatic rings. The first-order valence-corrected chi connectivity index (χ1v) is 3.74. The first-order valence-electron chi connectivity index (χ1n) is 3.74. The first kappa shape index (κ1) is 9.45. The van der Waals surface area contributed by atoms with Crippen molar-refractivity contribution in [2.24, 2.45) is 0 Å². The molecule has 2 nitrogen and oxygen atoms in total. The molecule has 0 saturated carbocycles. The third kappa shape index (κ3) is 3.51. The normalized spacial score (nSPS) is 10.2. The zero-order valence-corrected chi connectivity index (χ0v) is 6.87. The van der Waals surface area contributed by atoms with Crippen LogP contribution in [0.4, 0.5) is 4.39 Å². The van der Waals surface area contributed by atoms with Crippen LogP contribution in [0.2, 0.25) is 0 Å². The second-order valence-corrected chi connectivity index (χ2v) is 2.35. The topological polar surface area (TPSA) is 26.3 Å². The Hall–Kier alpha value is -1.64. The molecule has 0 aromatic heterocycles. The predicted octanol–water partition coefficient (Wildman–Crippen LogP) is 1.92. The van der Waals surface area contributed by atoms with E-state index in [2.05, 4.69) is 4.74 Å². The van der Waals surface area contributed by atoms with Crippen LogP contribution >= 0.6 is 0 Å². The highest BCUT2D eigenvalue weighted by atomic mass is 19.1. The fraction of sp³-hybridized carbons (Fsp3) is 0.100. The standard InChI is InChI=1S/C10H8FO2/c11-10-5-1-3-9(7-10)4-2-6-13-8-12/h1-5,7H,6H2. The fourth-order valence-corrected chi connectivity index (χ4v) is 0.877. The van der Waals surface area contributed by atoms with Crippen LogP contribution in [0, 0.1) is 5.82 Å². The Morgan fingerprint density at radius 2 is 2.38 bits per heavy atom. The Morgan fingerprint density at radius 3 is 3.08 bits per heavy atom. The maximum atomic E-state index is 12.6. The number of ether oxygens (including phenoxy) is 1. The molecule has 0 bridgehead atoms. The number of halogens is 1. The highest BCUT2D eigenvalue weighted by Gasteiger charge is 1.89. The second kappa shape index (κ2) is 5.09. The molecular formula is C10H8FO2. The van der Waals surface area contributed by atoms with Gasteiger partial charge in [-0.2, -0.15) is 0 Å². The van der Waals surface area contributed by atoms with Crippen LogP contribution in [-0.2, 0) is 9.53 Å². The molecule has 1 rings (SSSR count). The van der Waals surface area contributed by atoms with Crippen LogP contribution in [0.3, 0.4) is 0 Å². The van der Waals surface area contributed by atoms with E-state index in [-0.39, 0.29) is 12.4 Å². The Morgan fingerprint density at radius 1 is 1.54 bits per heavy atom. The van der Waals surface area contributed by atoms with Gasteiger partial charge in [-0.1, -0.05) is 18.2 Å². The van der Waals surface area contributed by atoms with E-state index in [1.165, 1.54) is 18.6 Å². The molecule has 0 heterocycles. The van der Waals surface area contributed by atoms with Gasteiger partial charge < -0.3 is 4.74 Å². The maximum absolute atomic E-state index is 12.6. The molecule has 1 radical (unpaired) electrons. The molecule has 1 aromatic carbocycles. The van der Waals surface area contributed by atoms with Crippen LogP contribution in [0.25, 0.3) is 6.08 Å². The number of hydrogen-bond acceptors (Lipinski definition) is 2. The molecule has 3 heteroatoms. The van der Waals surface area contributed by atoms with Crippen LogP contribution in [-0.4, -0.2) is 13.1 Å². The summed E-state index contributed by atoms with van der Waals surface area (Å²) in [6.07, 6.45) is 3.28. The van der Waals surface area contributed by atoms with Gasteiger partial charge in [-0.05, 0) is 23.8 Å².